The maximum Gasteiger partial charge on any atom is 0.0741 e. The minimum absolute atomic E-state index is 0.0539. The third-order valence-electron chi connectivity index (χ3n) is 3.42. The number of nitrogens with zero attached hydrogens (tertiary/aromatic N) is 1. The Hall–Kier alpha value is -1.06. The first-order valence-electron chi connectivity index (χ1n) is 5.84. The molecule has 2 N–H and O–H groups in total. The van der Waals surface area contributed by atoms with Crippen molar-refractivity contribution in [3.8, 4) is 0 Å². The summed E-state index contributed by atoms with van der Waals surface area (Å²) in [6.45, 7) is 3.76. The molecule has 0 aliphatic carbocycles. The average molecular weight is 221 g/mol. The van der Waals surface area contributed by atoms with E-state index in [1.807, 2.05) is 24.3 Å². The SMILES string of the molecule is CC1CCN(c2ccccc2CO)CC1O. The Morgan fingerprint density at radius 1 is 1.38 bits per heavy atom. The number of para-hydroxylation sites is 1. The van der Waals surface area contributed by atoms with Crippen molar-refractivity contribution in [3.63, 3.8) is 0 Å². The van der Waals surface area contributed by atoms with Crippen LogP contribution in [-0.4, -0.2) is 29.4 Å². The summed E-state index contributed by atoms with van der Waals surface area (Å²) in [6.07, 6.45) is 0.737. The van der Waals surface area contributed by atoms with Gasteiger partial charge in [0.2, 0.25) is 0 Å². The van der Waals surface area contributed by atoms with Gasteiger partial charge in [-0.2, -0.15) is 0 Å². The van der Waals surface area contributed by atoms with E-state index in [0.717, 1.165) is 24.2 Å². The van der Waals surface area contributed by atoms with E-state index < -0.39 is 0 Å². The third-order valence-corrected chi connectivity index (χ3v) is 3.42. The van der Waals surface area contributed by atoms with Gasteiger partial charge in [0.1, 0.15) is 0 Å². The second kappa shape index (κ2) is 4.85. The molecule has 1 saturated heterocycles. The Morgan fingerprint density at radius 3 is 2.81 bits per heavy atom. The van der Waals surface area contributed by atoms with Gasteiger partial charge >= 0.3 is 0 Å². The molecular formula is C13H19NO2. The Kier molecular flexibility index (Phi) is 3.46. The second-order valence-corrected chi connectivity index (χ2v) is 4.57. The van der Waals surface area contributed by atoms with E-state index in [1.165, 1.54) is 0 Å². The molecule has 1 heterocycles. The van der Waals surface area contributed by atoms with Crippen LogP contribution < -0.4 is 4.90 Å². The molecule has 0 amide bonds. The first-order valence-corrected chi connectivity index (χ1v) is 5.84. The molecule has 3 nitrogen and oxygen atoms in total. The molecule has 0 saturated carbocycles. The van der Waals surface area contributed by atoms with Crippen molar-refractivity contribution in [2.75, 3.05) is 18.0 Å². The molecule has 1 aromatic carbocycles. The van der Waals surface area contributed by atoms with Crippen LogP contribution >= 0.6 is 0 Å². The minimum atomic E-state index is -0.263. The van der Waals surface area contributed by atoms with Crippen LogP contribution in [0.1, 0.15) is 18.9 Å². The zero-order valence-corrected chi connectivity index (χ0v) is 9.63. The van der Waals surface area contributed by atoms with Gasteiger partial charge in [0.05, 0.1) is 12.7 Å². The molecule has 2 atom stereocenters. The van der Waals surface area contributed by atoms with Gasteiger partial charge in [-0.1, -0.05) is 25.1 Å². The maximum absolute atomic E-state index is 9.87. The van der Waals surface area contributed by atoms with E-state index in [1.54, 1.807) is 0 Å². The van der Waals surface area contributed by atoms with Gasteiger partial charge in [-0.05, 0) is 18.4 Å². The topological polar surface area (TPSA) is 43.7 Å². The van der Waals surface area contributed by atoms with Gasteiger partial charge in [0.25, 0.3) is 0 Å². The van der Waals surface area contributed by atoms with Crippen LogP contribution in [0.5, 0.6) is 0 Å². The lowest BCUT2D eigenvalue weighted by Crippen LogP contribution is -2.43. The van der Waals surface area contributed by atoms with E-state index in [0.29, 0.717) is 12.5 Å². The summed E-state index contributed by atoms with van der Waals surface area (Å²) in [4.78, 5) is 2.16. The Bertz CT molecular complexity index is 354. The summed E-state index contributed by atoms with van der Waals surface area (Å²) < 4.78 is 0. The highest BCUT2D eigenvalue weighted by Crippen LogP contribution is 2.26. The molecule has 1 aromatic rings. The molecule has 1 fully saturated rings. The molecule has 0 aromatic heterocycles. The van der Waals surface area contributed by atoms with Crippen molar-refractivity contribution in [3.05, 3.63) is 29.8 Å². The smallest absolute Gasteiger partial charge is 0.0741 e. The van der Waals surface area contributed by atoms with Gasteiger partial charge in [0.15, 0.2) is 0 Å². The van der Waals surface area contributed by atoms with E-state index in [-0.39, 0.29) is 12.7 Å². The van der Waals surface area contributed by atoms with Crippen LogP contribution in [0, 0.1) is 5.92 Å². The normalized spacial score (nSPS) is 25.8. The van der Waals surface area contributed by atoms with E-state index in [2.05, 4.69) is 11.8 Å². The quantitative estimate of drug-likeness (QED) is 0.793. The van der Waals surface area contributed by atoms with Gasteiger partial charge < -0.3 is 15.1 Å². The predicted octanol–water partition coefficient (Wildman–Crippen LogP) is 1.39. The molecule has 3 heteroatoms. The van der Waals surface area contributed by atoms with Gasteiger partial charge in [-0.15, -0.1) is 0 Å². The number of rotatable bonds is 2. The fourth-order valence-corrected chi connectivity index (χ4v) is 2.22. The van der Waals surface area contributed by atoms with Gasteiger partial charge in [-0.25, -0.2) is 0 Å². The number of benzene rings is 1. The lowest BCUT2D eigenvalue weighted by atomic mass is 9.95. The largest absolute Gasteiger partial charge is 0.392 e. The lowest BCUT2D eigenvalue weighted by Gasteiger charge is -2.36. The predicted molar refractivity (Wildman–Crippen MR) is 64.4 cm³/mol. The van der Waals surface area contributed by atoms with Crippen molar-refractivity contribution in [2.24, 2.45) is 5.92 Å². The van der Waals surface area contributed by atoms with Crippen molar-refractivity contribution < 1.29 is 10.2 Å². The van der Waals surface area contributed by atoms with E-state index in [9.17, 15) is 10.2 Å². The highest BCUT2D eigenvalue weighted by atomic mass is 16.3. The zero-order valence-electron chi connectivity index (χ0n) is 9.63. The van der Waals surface area contributed by atoms with E-state index in [4.69, 9.17) is 0 Å². The van der Waals surface area contributed by atoms with Crippen LogP contribution in [0.4, 0.5) is 5.69 Å². The number of hydrogen-bond donors (Lipinski definition) is 2. The van der Waals surface area contributed by atoms with Crippen LogP contribution in [-0.2, 0) is 6.61 Å². The highest BCUT2D eigenvalue weighted by molar-refractivity contribution is 5.53. The maximum atomic E-state index is 9.87. The van der Waals surface area contributed by atoms with E-state index >= 15 is 0 Å². The average Bonchev–Trinajstić information content (AvgIpc) is 2.32. The fraction of sp³-hybridized carbons (Fsp3) is 0.538. The summed E-state index contributed by atoms with van der Waals surface area (Å²) in [6, 6.07) is 7.84. The number of anilines is 1. The van der Waals surface area contributed by atoms with Crippen LogP contribution in [0.15, 0.2) is 24.3 Å². The molecule has 0 bridgehead atoms. The van der Waals surface area contributed by atoms with Crippen LogP contribution in [0.25, 0.3) is 0 Å². The third kappa shape index (κ3) is 2.20. The summed E-state index contributed by atoms with van der Waals surface area (Å²) in [7, 11) is 0. The fourth-order valence-electron chi connectivity index (χ4n) is 2.22. The lowest BCUT2D eigenvalue weighted by molar-refractivity contribution is 0.103. The van der Waals surface area contributed by atoms with Gasteiger partial charge in [0, 0.05) is 24.3 Å². The number of aliphatic hydroxyl groups excluding tert-OH is 2. The Balaban J connectivity index is 2.18. The van der Waals surface area contributed by atoms with Crippen LogP contribution in [0.2, 0.25) is 0 Å². The number of β-amino-alcohol motifs (C(OH)–C–C–N with tert-alkyl or cyclic N) is 1. The summed E-state index contributed by atoms with van der Waals surface area (Å²) in [5.74, 6) is 0.373. The first kappa shape index (κ1) is 11.4. The summed E-state index contributed by atoms with van der Waals surface area (Å²) in [5.41, 5.74) is 1.99. The zero-order chi connectivity index (χ0) is 11.5. The van der Waals surface area contributed by atoms with Crippen molar-refractivity contribution in [1.29, 1.82) is 0 Å². The molecule has 0 radical (unpaired) electrons. The Morgan fingerprint density at radius 2 is 2.12 bits per heavy atom. The molecule has 16 heavy (non-hydrogen) atoms. The first-order chi connectivity index (χ1) is 7.72. The Labute approximate surface area is 96.3 Å². The molecule has 0 spiro atoms. The standard InChI is InChI=1S/C13H19NO2/c1-10-6-7-14(8-13(10)16)12-5-3-2-4-11(12)9-15/h2-5,10,13,15-16H,6-9H2,1H3. The molecule has 1 aliphatic heterocycles. The summed E-state index contributed by atoms with van der Waals surface area (Å²) in [5, 5.41) is 19.1. The van der Waals surface area contributed by atoms with Crippen molar-refractivity contribution >= 4 is 5.69 Å². The van der Waals surface area contributed by atoms with Crippen LogP contribution in [0.3, 0.4) is 0 Å². The molecule has 1 aliphatic rings. The van der Waals surface area contributed by atoms with Crippen molar-refractivity contribution in [2.45, 2.75) is 26.1 Å². The molecular weight excluding hydrogens is 202 g/mol. The molecule has 2 unspecified atom stereocenters. The highest BCUT2D eigenvalue weighted by Gasteiger charge is 2.25. The van der Waals surface area contributed by atoms with Gasteiger partial charge in [-0.3, -0.25) is 0 Å². The minimum Gasteiger partial charge on any atom is -0.392 e. The number of piperidine rings is 1. The monoisotopic (exact) mass is 221 g/mol. The molecule has 2 rings (SSSR count). The number of aliphatic hydroxyl groups is 2. The molecule has 88 valence electrons. The number of hydrogen-bond acceptors (Lipinski definition) is 3. The summed E-state index contributed by atoms with van der Waals surface area (Å²) >= 11 is 0. The second-order valence-electron chi connectivity index (χ2n) is 4.57. The van der Waals surface area contributed by atoms with Crippen molar-refractivity contribution in [1.82, 2.24) is 0 Å².